The van der Waals surface area contributed by atoms with Crippen LogP contribution in [-0.2, 0) is 4.79 Å². The van der Waals surface area contributed by atoms with Crippen molar-refractivity contribution in [2.75, 3.05) is 20.1 Å². The highest BCUT2D eigenvalue weighted by atomic mass is 16.3. The van der Waals surface area contributed by atoms with Gasteiger partial charge >= 0.3 is 0 Å². The zero-order valence-electron chi connectivity index (χ0n) is 11.7. The summed E-state index contributed by atoms with van der Waals surface area (Å²) in [4.78, 5) is 25.5. The highest BCUT2D eigenvalue weighted by Gasteiger charge is 2.30. The maximum atomic E-state index is 11.9. The lowest BCUT2D eigenvalue weighted by Gasteiger charge is -2.28. The number of hydrogen-bond acceptors (Lipinski definition) is 5. The molecule has 6 heteroatoms. The van der Waals surface area contributed by atoms with Crippen molar-refractivity contribution in [3.63, 3.8) is 0 Å². The van der Waals surface area contributed by atoms with E-state index in [2.05, 4.69) is 5.32 Å². The fourth-order valence-corrected chi connectivity index (χ4v) is 2.85. The zero-order chi connectivity index (χ0) is 14.5. The van der Waals surface area contributed by atoms with Crippen LogP contribution in [0, 0.1) is 5.92 Å². The summed E-state index contributed by atoms with van der Waals surface area (Å²) in [5, 5.41) is 2.33. The molecule has 0 aliphatic heterocycles. The Kier molecular flexibility index (Phi) is 4.92. The summed E-state index contributed by atoms with van der Waals surface area (Å²) in [6.07, 6.45) is 4.70. The number of rotatable bonds is 5. The summed E-state index contributed by atoms with van der Waals surface area (Å²) in [5.41, 5.74) is 5.74. The minimum atomic E-state index is -0.504. The van der Waals surface area contributed by atoms with Crippen LogP contribution >= 0.6 is 0 Å². The molecule has 1 saturated carbocycles. The predicted octanol–water partition coefficient (Wildman–Crippen LogP) is 0.595. The number of imide groups is 1. The minimum Gasteiger partial charge on any atom is -0.459 e. The standard InChI is InChI=1S/C14H21N3O3/c1-17(11-5-2-4-10(11)8-15)9-13(18)16-14(19)12-6-3-7-20-12/h3,6-7,10-11H,2,4-5,8-9,15H2,1H3,(H,16,18,19). The van der Waals surface area contributed by atoms with E-state index < -0.39 is 5.91 Å². The minimum absolute atomic E-state index is 0.140. The van der Waals surface area contributed by atoms with Crippen LogP contribution in [0.5, 0.6) is 0 Å². The van der Waals surface area contributed by atoms with E-state index in [1.165, 1.54) is 12.3 Å². The van der Waals surface area contributed by atoms with Gasteiger partial charge in [-0.2, -0.15) is 0 Å². The first-order valence-corrected chi connectivity index (χ1v) is 6.89. The quantitative estimate of drug-likeness (QED) is 0.823. The number of nitrogens with zero attached hydrogens (tertiary/aromatic N) is 1. The fourth-order valence-electron chi connectivity index (χ4n) is 2.85. The molecule has 2 atom stereocenters. The van der Waals surface area contributed by atoms with E-state index in [1.54, 1.807) is 6.07 Å². The van der Waals surface area contributed by atoms with Crippen molar-refractivity contribution in [2.45, 2.75) is 25.3 Å². The van der Waals surface area contributed by atoms with E-state index in [0.717, 1.165) is 19.3 Å². The highest BCUT2D eigenvalue weighted by molar-refractivity contribution is 6.03. The van der Waals surface area contributed by atoms with Crippen LogP contribution in [0.4, 0.5) is 0 Å². The van der Waals surface area contributed by atoms with Gasteiger partial charge in [-0.25, -0.2) is 0 Å². The van der Waals surface area contributed by atoms with Crippen LogP contribution in [0.3, 0.4) is 0 Å². The molecule has 1 heterocycles. The molecule has 110 valence electrons. The molecule has 2 amide bonds. The Morgan fingerprint density at radius 1 is 1.50 bits per heavy atom. The van der Waals surface area contributed by atoms with Crippen molar-refractivity contribution in [2.24, 2.45) is 11.7 Å². The first-order chi connectivity index (χ1) is 9.61. The second-order valence-electron chi connectivity index (χ2n) is 5.26. The molecule has 2 unspecified atom stereocenters. The molecule has 1 aromatic heterocycles. The molecule has 1 fully saturated rings. The Balaban J connectivity index is 1.83. The van der Waals surface area contributed by atoms with Gasteiger partial charge in [0, 0.05) is 6.04 Å². The molecule has 0 spiro atoms. The molecular weight excluding hydrogens is 258 g/mol. The molecule has 0 saturated heterocycles. The maximum absolute atomic E-state index is 11.9. The third-order valence-corrected chi connectivity index (χ3v) is 3.88. The lowest BCUT2D eigenvalue weighted by atomic mass is 10.0. The van der Waals surface area contributed by atoms with Gasteiger partial charge in [-0.05, 0) is 44.5 Å². The molecule has 2 rings (SSSR count). The van der Waals surface area contributed by atoms with Gasteiger partial charge in [0.15, 0.2) is 5.76 Å². The molecular formula is C14H21N3O3. The van der Waals surface area contributed by atoms with E-state index in [1.807, 2.05) is 11.9 Å². The average Bonchev–Trinajstić information content (AvgIpc) is 3.09. The van der Waals surface area contributed by atoms with Crippen LogP contribution in [0.25, 0.3) is 0 Å². The Bertz CT molecular complexity index is 458. The van der Waals surface area contributed by atoms with Gasteiger partial charge in [-0.3, -0.25) is 19.8 Å². The second kappa shape index (κ2) is 6.67. The van der Waals surface area contributed by atoms with E-state index in [4.69, 9.17) is 10.2 Å². The van der Waals surface area contributed by atoms with Gasteiger partial charge < -0.3 is 10.2 Å². The summed E-state index contributed by atoms with van der Waals surface area (Å²) in [5.74, 6) is -0.248. The van der Waals surface area contributed by atoms with Gasteiger partial charge in [-0.15, -0.1) is 0 Å². The summed E-state index contributed by atoms with van der Waals surface area (Å²) in [6, 6.07) is 3.45. The molecule has 3 N–H and O–H groups in total. The number of carbonyl (C=O) groups excluding carboxylic acids is 2. The number of amides is 2. The summed E-state index contributed by atoms with van der Waals surface area (Å²) in [6.45, 7) is 0.829. The molecule has 0 radical (unpaired) electrons. The van der Waals surface area contributed by atoms with Crippen molar-refractivity contribution in [1.82, 2.24) is 10.2 Å². The smallest absolute Gasteiger partial charge is 0.293 e. The lowest BCUT2D eigenvalue weighted by molar-refractivity contribution is -0.121. The Hall–Kier alpha value is -1.66. The number of hydrogen-bond donors (Lipinski definition) is 2. The van der Waals surface area contributed by atoms with Crippen LogP contribution in [-0.4, -0.2) is 42.9 Å². The molecule has 0 aromatic carbocycles. The molecule has 20 heavy (non-hydrogen) atoms. The third-order valence-electron chi connectivity index (χ3n) is 3.88. The summed E-state index contributed by atoms with van der Waals surface area (Å²) >= 11 is 0. The first kappa shape index (κ1) is 14.7. The van der Waals surface area contributed by atoms with Crippen molar-refractivity contribution in [3.8, 4) is 0 Å². The van der Waals surface area contributed by atoms with Crippen molar-refractivity contribution >= 4 is 11.8 Å². The van der Waals surface area contributed by atoms with E-state index >= 15 is 0 Å². The first-order valence-electron chi connectivity index (χ1n) is 6.89. The van der Waals surface area contributed by atoms with E-state index in [-0.39, 0.29) is 18.2 Å². The number of nitrogens with one attached hydrogen (secondary N) is 1. The molecule has 0 bridgehead atoms. The number of carbonyl (C=O) groups is 2. The molecule has 1 aliphatic rings. The largest absolute Gasteiger partial charge is 0.459 e. The maximum Gasteiger partial charge on any atom is 0.293 e. The van der Waals surface area contributed by atoms with Crippen LogP contribution < -0.4 is 11.1 Å². The third kappa shape index (κ3) is 3.46. The Morgan fingerprint density at radius 3 is 2.95 bits per heavy atom. The van der Waals surface area contributed by atoms with Gasteiger partial charge in [0.2, 0.25) is 5.91 Å². The summed E-state index contributed by atoms with van der Waals surface area (Å²) < 4.78 is 4.94. The lowest BCUT2D eigenvalue weighted by Crippen LogP contribution is -2.44. The number of furan rings is 1. The van der Waals surface area contributed by atoms with E-state index in [0.29, 0.717) is 18.5 Å². The van der Waals surface area contributed by atoms with E-state index in [9.17, 15) is 9.59 Å². The van der Waals surface area contributed by atoms with Crippen LogP contribution in [0.2, 0.25) is 0 Å². The van der Waals surface area contributed by atoms with Gasteiger partial charge in [0.1, 0.15) is 0 Å². The second-order valence-corrected chi connectivity index (χ2v) is 5.26. The predicted molar refractivity (Wildman–Crippen MR) is 74.0 cm³/mol. The highest BCUT2D eigenvalue weighted by Crippen LogP contribution is 2.28. The zero-order valence-corrected chi connectivity index (χ0v) is 11.7. The van der Waals surface area contributed by atoms with Crippen LogP contribution in [0.1, 0.15) is 29.8 Å². The van der Waals surface area contributed by atoms with Gasteiger partial charge in [0.25, 0.3) is 5.91 Å². The Morgan fingerprint density at radius 2 is 2.30 bits per heavy atom. The monoisotopic (exact) mass is 279 g/mol. The summed E-state index contributed by atoms with van der Waals surface area (Å²) in [7, 11) is 1.90. The van der Waals surface area contributed by atoms with Crippen LogP contribution in [0.15, 0.2) is 22.8 Å². The van der Waals surface area contributed by atoms with Gasteiger partial charge in [0.05, 0.1) is 12.8 Å². The average molecular weight is 279 g/mol. The molecule has 6 nitrogen and oxygen atoms in total. The van der Waals surface area contributed by atoms with Crippen molar-refractivity contribution < 1.29 is 14.0 Å². The Labute approximate surface area is 118 Å². The topological polar surface area (TPSA) is 88.6 Å². The number of nitrogens with two attached hydrogens (primary N) is 1. The fraction of sp³-hybridized carbons (Fsp3) is 0.571. The molecule has 1 aromatic rings. The normalized spacial score (nSPS) is 22.1. The van der Waals surface area contributed by atoms with Gasteiger partial charge in [-0.1, -0.05) is 6.42 Å². The van der Waals surface area contributed by atoms with Crippen molar-refractivity contribution in [3.05, 3.63) is 24.2 Å². The molecule has 1 aliphatic carbocycles. The SMILES string of the molecule is CN(CC(=O)NC(=O)c1ccco1)C1CCCC1CN. The number of likely N-dealkylation sites (N-methyl/N-ethyl adjacent to an activating group) is 1. The van der Waals surface area contributed by atoms with Crippen molar-refractivity contribution in [1.29, 1.82) is 0 Å².